The highest BCUT2D eigenvalue weighted by Gasteiger charge is 2.23. The van der Waals surface area contributed by atoms with Crippen molar-refractivity contribution in [1.29, 1.82) is 0 Å². The molecule has 1 fully saturated rings. The van der Waals surface area contributed by atoms with Gasteiger partial charge in [0.2, 0.25) is 0 Å². The van der Waals surface area contributed by atoms with Crippen molar-refractivity contribution in [3.8, 4) is 0 Å². The SMILES string of the molecule is CCCCN(CC)C(=O)c1sc(N2CCOCC2)nc1N. The summed E-state index contributed by atoms with van der Waals surface area (Å²) in [5.74, 6) is 0.349. The zero-order valence-electron chi connectivity index (χ0n) is 12.8. The quantitative estimate of drug-likeness (QED) is 0.867. The molecule has 7 heteroatoms. The molecule has 1 aliphatic heterocycles. The van der Waals surface area contributed by atoms with E-state index in [-0.39, 0.29) is 5.91 Å². The van der Waals surface area contributed by atoms with Gasteiger partial charge in [-0.15, -0.1) is 0 Å². The molecule has 6 nitrogen and oxygen atoms in total. The van der Waals surface area contributed by atoms with Crippen molar-refractivity contribution in [2.45, 2.75) is 26.7 Å². The van der Waals surface area contributed by atoms with Crippen molar-refractivity contribution >= 4 is 28.2 Å². The Balaban J connectivity index is 2.11. The minimum atomic E-state index is 0.000425. The molecule has 0 bridgehead atoms. The number of nitrogens with zero attached hydrogens (tertiary/aromatic N) is 3. The Kier molecular flexibility index (Phi) is 5.81. The Labute approximate surface area is 129 Å². The molecule has 1 aromatic heterocycles. The molecule has 0 saturated carbocycles. The van der Waals surface area contributed by atoms with Crippen molar-refractivity contribution in [2.75, 3.05) is 50.0 Å². The zero-order chi connectivity index (χ0) is 15.2. The van der Waals surface area contributed by atoms with Gasteiger partial charge in [0.05, 0.1) is 13.2 Å². The molecule has 2 heterocycles. The predicted octanol–water partition coefficient (Wildman–Crippen LogP) is 1.82. The molecule has 1 amide bonds. The molecule has 0 spiro atoms. The highest BCUT2D eigenvalue weighted by Crippen LogP contribution is 2.29. The summed E-state index contributed by atoms with van der Waals surface area (Å²) >= 11 is 1.39. The maximum atomic E-state index is 12.6. The normalized spacial score (nSPS) is 15.2. The first-order chi connectivity index (χ1) is 10.2. The second kappa shape index (κ2) is 7.61. The third-order valence-corrected chi connectivity index (χ3v) is 4.69. The minimum absolute atomic E-state index is 0.000425. The van der Waals surface area contributed by atoms with E-state index in [4.69, 9.17) is 10.5 Å². The van der Waals surface area contributed by atoms with Crippen LogP contribution in [-0.2, 0) is 4.74 Å². The fraction of sp³-hybridized carbons (Fsp3) is 0.714. The summed E-state index contributed by atoms with van der Waals surface area (Å²) in [4.78, 5) is 21.5. The number of carbonyl (C=O) groups excluding carboxylic acids is 1. The van der Waals surface area contributed by atoms with Gasteiger partial charge < -0.3 is 20.3 Å². The second-order valence-corrected chi connectivity index (χ2v) is 6.03. The van der Waals surface area contributed by atoms with Crippen molar-refractivity contribution in [3.05, 3.63) is 4.88 Å². The second-order valence-electron chi connectivity index (χ2n) is 5.05. The molecule has 1 aliphatic rings. The Morgan fingerprint density at radius 3 is 2.76 bits per heavy atom. The van der Waals surface area contributed by atoms with Gasteiger partial charge in [-0.25, -0.2) is 4.98 Å². The molecule has 0 atom stereocenters. The van der Waals surface area contributed by atoms with Crippen molar-refractivity contribution < 1.29 is 9.53 Å². The fourth-order valence-corrected chi connectivity index (χ4v) is 3.26. The van der Waals surface area contributed by atoms with Crippen LogP contribution in [0.4, 0.5) is 10.9 Å². The minimum Gasteiger partial charge on any atom is -0.382 e. The van der Waals surface area contributed by atoms with Gasteiger partial charge >= 0.3 is 0 Å². The third-order valence-electron chi connectivity index (χ3n) is 3.57. The monoisotopic (exact) mass is 312 g/mol. The molecule has 21 heavy (non-hydrogen) atoms. The van der Waals surface area contributed by atoms with E-state index >= 15 is 0 Å². The molecule has 1 saturated heterocycles. The van der Waals surface area contributed by atoms with Gasteiger partial charge in [0, 0.05) is 26.2 Å². The average Bonchev–Trinajstić information content (AvgIpc) is 2.90. The summed E-state index contributed by atoms with van der Waals surface area (Å²) in [6, 6.07) is 0. The lowest BCUT2D eigenvalue weighted by Crippen LogP contribution is -2.36. The fourth-order valence-electron chi connectivity index (χ4n) is 2.26. The number of amides is 1. The molecule has 0 unspecified atom stereocenters. The van der Waals surface area contributed by atoms with E-state index in [1.807, 2.05) is 11.8 Å². The highest BCUT2D eigenvalue weighted by atomic mass is 32.1. The third kappa shape index (κ3) is 3.85. The van der Waals surface area contributed by atoms with E-state index in [9.17, 15) is 4.79 Å². The number of ether oxygens (including phenoxy) is 1. The summed E-state index contributed by atoms with van der Waals surface area (Å²) in [6.07, 6.45) is 2.08. The number of unbranched alkanes of at least 4 members (excludes halogenated alkanes) is 1. The number of hydrogen-bond donors (Lipinski definition) is 1. The Morgan fingerprint density at radius 2 is 2.14 bits per heavy atom. The number of thiazole rings is 1. The number of nitrogens with two attached hydrogens (primary N) is 1. The van der Waals surface area contributed by atoms with Crippen molar-refractivity contribution in [1.82, 2.24) is 9.88 Å². The lowest BCUT2D eigenvalue weighted by atomic mass is 10.3. The largest absolute Gasteiger partial charge is 0.382 e. The van der Waals surface area contributed by atoms with Crippen LogP contribution in [0.5, 0.6) is 0 Å². The van der Waals surface area contributed by atoms with Crippen LogP contribution in [-0.4, -0.2) is 55.2 Å². The molecule has 2 N–H and O–H groups in total. The Hall–Kier alpha value is -1.34. The van der Waals surface area contributed by atoms with Gasteiger partial charge in [0.1, 0.15) is 10.7 Å². The smallest absolute Gasteiger partial charge is 0.267 e. The molecule has 0 radical (unpaired) electrons. The summed E-state index contributed by atoms with van der Waals surface area (Å²) in [5, 5.41) is 0.825. The first-order valence-electron chi connectivity index (χ1n) is 7.55. The summed E-state index contributed by atoms with van der Waals surface area (Å²) in [7, 11) is 0. The summed E-state index contributed by atoms with van der Waals surface area (Å²) < 4.78 is 5.33. The van der Waals surface area contributed by atoms with Crippen LogP contribution < -0.4 is 10.6 Å². The summed E-state index contributed by atoms with van der Waals surface area (Å²) in [6.45, 7) is 8.57. The highest BCUT2D eigenvalue weighted by molar-refractivity contribution is 7.18. The maximum Gasteiger partial charge on any atom is 0.267 e. The number of anilines is 2. The zero-order valence-corrected chi connectivity index (χ0v) is 13.6. The van der Waals surface area contributed by atoms with Gasteiger partial charge in [0.25, 0.3) is 5.91 Å². The number of carbonyl (C=O) groups is 1. The van der Waals surface area contributed by atoms with Crippen LogP contribution >= 0.6 is 11.3 Å². The van der Waals surface area contributed by atoms with E-state index in [0.717, 1.165) is 37.6 Å². The predicted molar refractivity (Wildman–Crippen MR) is 86.0 cm³/mol. The van der Waals surface area contributed by atoms with Crippen LogP contribution in [0.2, 0.25) is 0 Å². The van der Waals surface area contributed by atoms with E-state index < -0.39 is 0 Å². The van der Waals surface area contributed by atoms with E-state index in [0.29, 0.717) is 30.5 Å². The standard InChI is InChI=1S/C14H24N4O2S/c1-3-5-6-17(4-2)13(19)11-12(15)16-14(21-11)18-7-9-20-10-8-18/h3-10,15H2,1-2H3. The Morgan fingerprint density at radius 1 is 1.43 bits per heavy atom. The molecular weight excluding hydrogens is 288 g/mol. The maximum absolute atomic E-state index is 12.6. The van der Waals surface area contributed by atoms with Crippen LogP contribution in [0.3, 0.4) is 0 Å². The number of hydrogen-bond acceptors (Lipinski definition) is 6. The van der Waals surface area contributed by atoms with Crippen LogP contribution in [0, 0.1) is 0 Å². The van der Waals surface area contributed by atoms with Crippen molar-refractivity contribution in [3.63, 3.8) is 0 Å². The van der Waals surface area contributed by atoms with Gasteiger partial charge in [-0.1, -0.05) is 24.7 Å². The molecule has 0 aliphatic carbocycles. The van der Waals surface area contributed by atoms with Crippen LogP contribution in [0.15, 0.2) is 0 Å². The topological polar surface area (TPSA) is 71.7 Å². The van der Waals surface area contributed by atoms with Gasteiger partial charge in [0.15, 0.2) is 5.13 Å². The lowest BCUT2D eigenvalue weighted by molar-refractivity contribution is 0.0768. The van der Waals surface area contributed by atoms with Crippen LogP contribution in [0.25, 0.3) is 0 Å². The number of nitrogen functional groups attached to an aromatic ring is 1. The molecule has 2 rings (SSSR count). The van der Waals surface area contributed by atoms with Gasteiger partial charge in [-0.2, -0.15) is 0 Å². The van der Waals surface area contributed by atoms with Crippen LogP contribution in [0.1, 0.15) is 36.4 Å². The van der Waals surface area contributed by atoms with E-state index in [1.54, 1.807) is 0 Å². The number of morpholine rings is 1. The lowest BCUT2D eigenvalue weighted by Gasteiger charge is -2.26. The first-order valence-corrected chi connectivity index (χ1v) is 8.37. The molecular formula is C14H24N4O2S. The van der Waals surface area contributed by atoms with Gasteiger partial charge in [-0.3, -0.25) is 4.79 Å². The molecule has 1 aromatic rings. The number of aromatic nitrogens is 1. The summed E-state index contributed by atoms with van der Waals surface area (Å²) in [5.41, 5.74) is 5.96. The van der Waals surface area contributed by atoms with E-state index in [2.05, 4.69) is 16.8 Å². The van der Waals surface area contributed by atoms with E-state index in [1.165, 1.54) is 11.3 Å². The number of rotatable bonds is 6. The Bertz CT molecular complexity index is 472. The van der Waals surface area contributed by atoms with Crippen molar-refractivity contribution in [2.24, 2.45) is 0 Å². The molecule has 118 valence electrons. The first kappa shape index (κ1) is 16.0. The molecule has 0 aromatic carbocycles. The van der Waals surface area contributed by atoms with Gasteiger partial charge in [-0.05, 0) is 13.3 Å². The average molecular weight is 312 g/mol.